The second-order valence-electron chi connectivity index (χ2n) is 3.88. The summed E-state index contributed by atoms with van der Waals surface area (Å²) in [6.45, 7) is 2.55. The van der Waals surface area contributed by atoms with Crippen molar-refractivity contribution in [2.45, 2.75) is 6.92 Å². The molecule has 2 rings (SSSR count). The Balaban J connectivity index is 2.11. The number of aryl methyl sites for hydroxylation is 1. The molecule has 0 saturated heterocycles. The van der Waals surface area contributed by atoms with Crippen LogP contribution >= 0.6 is 22.6 Å². The van der Waals surface area contributed by atoms with Crippen LogP contribution in [0.15, 0.2) is 30.5 Å². The predicted octanol–water partition coefficient (Wildman–Crippen LogP) is 2.68. The number of carbonyl (C=O) groups excluding carboxylic acids is 1. The standard InChI is InChI=1S/C13H14IN3O2/c1-3-19-10-6-4-9(5-7-10)16-13(18)12-11(14)8-15-17(12)2/h4-8H,3H2,1-2H3,(H,16,18). The van der Waals surface area contributed by atoms with Crippen molar-refractivity contribution in [2.24, 2.45) is 7.05 Å². The van der Waals surface area contributed by atoms with Gasteiger partial charge in [-0.15, -0.1) is 0 Å². The quantitative estimate of drug-likeness (QED) is 0.841. The number of benzene rings is 1. The van der Waals surface area contributed by atoms with Crippen molar-refractivity contribution in [2.75, 3.05) is 11.9 Å². The minimum Gasteiger partial charge on any atom is -0.494 e. The van der Waals surface area contributed by atoms with Crippen LogP contribution in [0.5, 0.6) is 5.75 Å². The van der Waals surface area contributed by atoms with Crippen LogP contribution in [0.3, 0.4) is 0 Å². The Bertz CT molecular complexity index is 559. The van der Waals surface area contributed by atoms with Crippen LogP contribution in [0.4, 0.5) is 5.69 Å². The molecule has 0 aliphatic carbocycles. The highest BCUT2D eigenvalue weighted by molar-refractivity contribution is 14.1. The highest BCUT2D eigenvalue weighted by Crippen LogP contribution is 2.17. The third-order valence-electron chi connectivity index (χ3n) is 2.53. The number of nitrogens with one attached hydrogen (secondary N) is 1. The topological polar surface area (TPSA) is 56.1 Å². The van der Waals surface area contributed by atoms with Crippen molar-refractivity contribution >= 4 is 34.2 Å². The van der Waals surface area contributed by atoms with Gasteiger partial charge >= 0.3 is 0 Å². The molecule has 1 heterocycles. The van der Waals surface area contributed by atoms with E-state index >= 15 is 0 Å². The summed E-state index contributed by atoms with van der Waals surface area (Å²) in [7, 11) is 1.75. The third-order valence-corrected chi connectivity index (χ3v) is 3.32. The number of anilines is 1. The lowest BCUT2D eigenvalue weighted by Gasteiger charge is -2.07. The first-order valence-electron chi connectivity index (χ1n) is 5.83. The first kappa shape index (κ1) is 13.9. The van der Waals surface area contributed by atoms with E-state index in [4.69, 9.17) is 4.74 Å². The first-order valence-corrected chi connectivity index (χ1v) is 6.91. The molecule has 100 valence electrons. The molecule has 0 aliphatic rings. The van der Waals surface area contributed by atoms with E-state index in [1.165, 1.54) is 0 Å². The van der Waals surface area contributed by atoms with Crippen molar-refractivity contribution in [1.29, 1.82) is 0 Å². The van der Waals surface area contributed by atoms with Crippen LogP contribution in [-0.2, 0) is 7.05 Å². The number of carbonyl (C=O) groups is 1. The van der Waals surface area contributed by atoms with Crippen LogP contribution in [0.1, 0.15) is 17.4 Å². The molecule has 6 heteroatoms. The van der Waals surface area contributed by atoms with Gasteiger partial charge < -0.3 is 10.1 Å². The van der Waals surface area contributed by atoms with Gasteiger partial charge in [0, 0.05) is 12.7 Å². The highest BCUT2D eigenvalue weighted by atomic mass is 127. The van der Waals surface area contributed by atoms with Gasteiger partial charge in [0.1, 0.15) is 11.4 Å². The Hall–Kier alpha value is -1.57. The van der Waals surface area contributed by atoms with Gasteiger partial charge in [-0.05, 0) is 53.8 Å². The summed E-state index contributed by atoms with van der Waals surface area (Å²) in [4.78, 5) is 12.1. The number of hydrogen-bond acceptors (Lipinski definition) is 3. The molecule has 0 saturated carbocycles. The summed E-state index contributed by atoms with van der Waals surface area (Å²) in [5.74, 6) is 0.615. The molecule has 1 N–H and O–H groups in total. The van der Waals surface area contributed by atoms with E-state index in [2.05, 4.69) is 33.0 Å². The minimum atomic E-state index is -0.173. The van der Waals surface area contributed by atoms with E-state index in [9.17, 15) is 4.79 Å². The van der Waals surface area contributed by atoms with Crippen LogP contribution in [0.25, 0.3) is 0 Å². The maximum absolute atomic E-state index is 12.1. The fourth-order valence-electron chi connectivity index (χ4n) is 1.66. The first-order chi connectivity index (χ1) is 9.11. The van der Waals surface area contributed by atoms with Gasteiger partial charge in [0.05, 0.1) is 16.4 Å². The van der Waals surface area contributed by atoms with Crippen LogP contribution in [0, 0.1) is 3.57 Å². The van der Waals surface area contributed by atoms with Gasteiger partial charge in [-0.1, -0.05) is 0 Å². The molecule has 0 atom stereocenters. The Labute approximate surface area is 125 Å². The Kier molecular flexibility index (Phi) is 4.41. The third kappa shape index (κ3) is 3.25. The smallest absolute Gasteiger partial charge is 0.275 e. The van der Waals surface area contributed by atoms with Gasteiger partial charge in [-0.3, -0.25) is 9.48 Å². The maximum atomic E-state index is 12.1. The summed E-state index contributed by atoms with van der Waals surface area (Å²) >= 11 is 2.09. The lowest BCUT2D eigenvalue weighted by Crippen LogP contribution is -2.17. The molecular formula is C13H14IN3O2. The second-order valence-corrected chi connectivity index (χ2v) is 5.04. The van der Waals surface area contributed by atoms with Gasteiger partial charge in [0.15, 0.2) is 0 Å². The molecule has 0 aliphatic heterocycles. The summed E-state index contributed by atoms with van der Waals surface area (Å²) in [5.41, 5.74) is 1.28. The van der Waals surface area contributed by atoms with E-state index in [1.807, 2.05) is 31.2 Å². The van der Waals surface area contributed by atoms with Crippen molar-refractivity contribution in [3.05, 3.63) is 39.7 Å². The molecule has 2 aromatic rings. The summed E-state index contributed by atoms with van der Waals surface area (Å²) < 4.78 is 7.73. The fraction of sp³-hybridized carbons (Fsp3) is 0.231. The van der Waals surface area contributed by atoms with E-state index in [0.717, 1.165) is 15.0 Å². The Morgan fingerprint density at radius 3 is 2.63 bits per heavy atom. The summed E-state index contributed by atoms with van der Waals surface area (Å²) in [6.07, 6.45) is 1.66. The lowest BCUT2D eigenvalue weighted by molar-refractivity contribution is 0.101. The number of nitrogens with zero attached hydrogens (tertiary/aromatic N) is 2. The zero-order valence-corrected chi connectivity index (χ0v) is 12.8. The van der Waals surface area contributed by atoms with E-state index in [0.29, 0.717) is 12.3 Å². The van der Waals surface area contributed by atoms with Crippen molar-refractivity contribution in [1.82, 2.24) is 9.78 Å². The number of amides is 1. The molecule has 1 aromatic heterocycles. The number of aromatic nitrogens is 2. The van der Waals surface area contributed by atoms with E-state index in [1.54, 1.807) is 17.9 Å². The van der Waals surface area contributed by atoms with Gasteiger partial charge in [0.25, 0.3) is 5.91 Å². The molecule has 19 heavy (non-hydrogen) atoms. The zero-order chi connectivity index (χ0) is 13.8. The summed E-state index contributed by atoms with van der Waals surface area (Å²) in [5, 5.41) is 6.88. The van der Waals surface area contributed by atoms with Crippen molar-refractivity contribution in [3.63, 3.8) is 0 Å². The van der Waals surface area contributed by atoms with Gasteiger partial charge in [0.2, 0.25) is 0 Å². The molecule has 1 aromatic carbocycles. The number of ether oxygens (including phenoxy) is 1. The van der Waals surface area contributed by atoms with Crippen LogP contribution in [0.2, 0.25) is 0 Å². The largest absolute Gasteiger partial charge is 0.494 e. The van der Waals surface area contributed by atoms with E-state index in [-0.39, 0.29) is 5.91 Å². The predicted molar refractivity (Wildman–Crippen MR) is 81.5 cm³/mol. The van der Waals surface area contributed by atoms with Crippen molar-refractivity contribution < 1.29 is 9.53 Å². The number of hydrogen-bond donors (Lipinski definition) is 1. The normalized spacial score (nSPS) is 10.3. The molecule has 0 radical (unpaired) electrons. The molecule has 0 spiro atoms. The molecule has 1 amide bonds. The second kappa shape index (κ2) is 6.05. The van der Waals surface area contributed by atoms with Crippen molar-refractivity contribution in [3.8, 4) is 5.75 Å². The van der Waals surface area contributed by atoms with Gasteiger partial charge in [-0.25, -0.2) is 0 Å². The minimum absolute atomic E-state index is 0.173. The maximum Gasteiger partial charge on any atom is 0.275 e. The lowest BCUT2D eigenvalue weighted by atomic mass is 10.3. The molecule has 5 nitrogen and oxygen atoms in total. The van der Waals surface area contributed by atoms with Crippen LogP contribution < -0.4 is 10.1 Å². The zero-order valence-electron chi connectivity index (χ0n) is 10.7. The summed E-state index contributed by atoms with van der Waals surface area (Å²) in [6, 6.07) is 7.28. The van der Waals surface area contributed by atoms with Crippen LogP contribution in [-0.4, -0.2) is 22.3 Å². The SMILES string of the molecule is CCOc1ccc(NC(=O)c2c(I)cnn2C)cc1. The molecular weight excluding hydrogens is 357 g/mol. The average molecular weight is 371 g/mol. The van der Waals surface area contributed by atoms with E-state index < -0.39 is 0 Å². The average Bonchev–Trinajstić information content (AvgIpc) is 2.72. The molecule has 0 fully saturated rings. The molecule has 0 unspecified atom stereocenters. The van der Waals surface area contributed by atoms with Gasteiger partial charge in [-0.2, -0.15) is 5.10 Å². The fourth-order valence-corrected chi connectivity index (χ4v) is 2.38. The number of rotatable bonds is 4. The Morgan fingerprint density at radius 1 is 1.42 bits per heavy atom. The Morgan fingerprint density at radius 2 is 2.11 bits per heavy atom. The molecule has 0 bridgehead atoms. The number of halogens is 1. The highest BCUT2D eigenvalue weighted by Gasteiger charge is 2.15. The monoisotopic (exact) mass is 371 g/mol.